The highest BCUT2D eigenvalue weighted by molar-refractivity contribution is 6.02. The van der Waals surface area contributed by atoms with Gasteiger partial charge in [-0.15, -0.1) is 0 Å². The number of benzene rings is 2. The van der Waals surface area contributed by atoms with Gasteiger partial charge in [-0.2, -0.15) is 8.78 Å². The smallest absolute Gasteiger partial charge is 0.387 e. The molecule has 0 bridgehead atoms. The molecule has 0 unspecified atom stereocenters. The topological polar surface area (TPSA) is 90.7 Å². The summed E-state index contributed by atoms with van der Waals surface area (Å²) in [5.74, 6) is -0.912. The van der Waals surface area contributed by atoms with Crippen molar-refractivity contribution in [1.82, 2.24) is 0 Å². The van der Waals surface area contributed by atoms with E-state index in [1.807, 2.05) is 26.0 Å². The number of nitrogens with zero attached hydrogens (tertiary/aromatic N) is 1. The van der Waals surface area contributed by atoms with Crippen LogP contribution in [-0.2, 0) is 4.79 Å². The van der Waals surface area contributed by atoms with Crippen molar-refractivity contribution in [3.63, 3.8) is 0 Å². The van der Waals surface area contributed by atoms with E-state index >= 15 is 0 Å². The second kappa shape index (κ2) is 9.63. The molecular weight excluding hydrogens is 386 g/mol. The van der Waals surface area contributed by atoms with Gasteiger partial charge in [-0.3, -0.25) is 14.9 Å². The number of hydrogen-bond donors (Lipinski definition) is 1. The highest BCUT2D eigenvalue weighted by Crippen LogP contribution is 2.36. The molecule has 2 aromatic rings. The van der Waals surface area contributed by atoms with Crippen LogP contribution in [0.3, 0.4) is 0 Å². The maximum absolute atomic E-state index is 12.5. The van der Waals surface area contributed by atoms with Crippen LogP contribution in [0.15, 0.2) is 42.5 Å². The second-order valence-electron chi connectivity index (χ2n) is 6.26. The average Bonchev–Trinajstić information content (AvgIpc) is 2.66. The van der Waals surface area contributed by atoms with Gasteiger partial charge in [0.25, 0.3) is 5.69 Å². The Kier molecular flexibility index (Phi) is 7.24. The predicted octanol–water partition coefficient (Wildman–Crippen LogP) is 4.98. The molecule has 1 N–H and O–H groups in total. The third-order valence-electron chi connectivity index (χ3n) is 3.98. The Morgan fingerprint density at radius 1 is 1.21 bits per heavy atom. The number of carbonyl (C=O) groups excluding carboxylic acids is 1. The summed E-state index contributed by atoms with van der Waals surface area (Å²) in [6.45, 7) is 0.801. The third-order valence-corrected chi connectivity index (χ3v) is 3.98. The number of alkyl halides is 2. The molecule has 7 nitrogen and oxygen atoms in total. The van der Waals surface area contributed by atoms with Crippen LogP contribution in [0.2, 0.25) is 0 Å². The van der Waals surface area contributed by atoms with Crippen molar-refractivity contribution in [2.24, 2.45) is 0 Å². The molecule has 0 aliphatic heterocycles. The largest absolute Gasteiger partial charge is 0.493 e. The molecule has 9 heteroatoms. The van der Waals surface area contributed by atoms with Crippen molar-refractivity contribution >= 4 is 23.4 Å². The number of nitro benzene ring substituents is 1. The number of halogens is 2. The lowest BCUT2D eigenvalue weighted by atomic mass is 10.0. The Labute approximate surface area is 166 Å². The van der Waals surface area contributed by atoms with Crippen molar-refractivity contribution < 1.29 is 28.0 Å². The summed E-state index contributed by atoms with van der Waals surface area (Å²) in [5, 5.41) is 14.0. The van der Waals surface area contributed by atoms with Gasteiger partial charge in [0.15, 0.2) is 11.5 Å². The fraction of sp³-hybridized carbons (Fsp3) is 0.250. The third kappa shape index (κ3) is 5.74. The summed E-state index contributed by atoms with van der Waals surface area (Å²) in [4.78, 5) is 22.8. The van der Waals surface area contributed by atoms with Crippen molar-refractivity contribution in [3.8, 4) is 11.5 Å². The van der Waals surface area contributed by atoms with Gasteiger partial charge in [0, 0.05) is 11.8 Å². The summed E-state index contributed by atoms with van der Waals surface area (Å²) >= 11 is 0. The van der Waals surface area contributed by atoms with Crippen molar-refractivity contribution in [1.29, 1.82) is 0 Å². The van der Waals surface area contributed by atoms with Crippen LogP contribution in [0, 0.1) is 10.1 Å². The standard InChI is InChI=1S/C20H20F2N2O5/c1-12(2)14-6-4-5-7-15(14)23-19(25)9-8-13-10-17(28-3)18(29-20(21)22)11-16(13)24(26)27/h4-12,20H,1-3H3,(H,23,25)/b9-8+. The molecule has 0 saturated carbocycles. The fourth-order valence-corrected chi connectivity index (χ4v) is 2.66. The number of nitrogens with one attached hydrogen (secondary N) is 1. The number of amides is 1. The number of para-hydroxylation sites is 1. The van der Waals surface area contributed by atoms with Crippen molar-refractivity contribution in [3.05, 3.63) is 63.7 Å². The van der Waals surface area contributed by atoms with E-state index in [1.165, 1.54) is 13.2 Å². The highest BCUT2D eigenvalue weighted by Gasteiger charge is 2.20. The lowest BCUT2D eigenvalue weighted by Gasteiger charge is -2.12. The summed E-state index contributed by atoms with van der Waals surface area (Å²) < 4.78 is 34.2. The minimum atomic E-state index is -3.17. The zero-order chi connectivity index (χ0) is 21.6. The first kappa shape index (κ1) is 21.8. The number of nitro groups is 1. The molecule has 1 amide bonds. The van der Waals surface area contributed by atoms with Gasteiger partial charge in [-0.1, -0.05) is 32.0 Å². The first-order chi connectivity index (χ1) is 13.7. The quantitative estimate of drug-likeness (QED) is 0.379. The maximum Gasteiger partial charge on any atom is 0.387 e. The predicted molar refractivity (Wildman–Crippen MR) is 104 cm³/mol. The van der Waals surface area contributed by atoms with Crippen LogP contribution in [0.4, 0.5) is 20.2 Å². The molecule has 0 atom stereocenters. The van der Waals surface area contributed by atoms with E-state index in [0.717, 1.165) is 23.8 Å². The number of methoxy groups -OCH3 is 1. The molecule has 0 aliphatic carbocycles. The summed E-state index contributed by atoms with van der Waals surface area (Å²) in [7, 11) is 1.21. The lowest BCUT2D eigenvalue weighted by Crippen LogP contribution is -2.10. The van der Waals surface area contributed by atoms with Crippen LogP contribution < -0.4 is 14.8 Å². The molecule has 29 heavy (non-hydrogen) atoms. The molecule has 0 radical (unpaired) electrons. The van der Waals surface area contributed by atoms with E-state index in [9.17, 15) is 23.7 Å². The fourth-order valence-electron chi connectivity index (χ4n) is 2.66. The zero-order valence-electron chi connectivity index (χ0n) is 16.0. The maximum atomic E-state index is 12.5. The molecule has 0 aromatic heterocycles. The first-order valence-corrected chi connectivity index (χ1v) is 8.62. The van der Waals surface area contributed by atoms with Crippen molar-refractivity contribution in [2.45, 2.75) is 26.4 Å². The van der Waals surface area contributed by atoms with Gasteiger partial charge < -0.3 is 14.8 Å². The molecule has 0 spiro atoms. The minimum absolute atomic E-state index is 0.000705. The van der Waals surface area contributed by atoms with E-state index in [1.54, 1.807) is 12.1 Å². The number of anilines is 1. The molecule has 0 aliphatic rings. The lowest BCUT2D eigenvalue weighted by molar-refractivity contribution is -0.385. The number of rotatable bonds is 8. The first-order valence-electron chi connectivity index (χ1n) is 8.62. The van der Waals surface area contributed by atoms with E-state index in [4.69, 9.17) is 4.74 Å². The van der Waals surface area contributed by atoms with E-state index < -0.39 is 28.9 Å². The number of hydrogen-bond acceptors (Lipinski definition) is 5. The van der Waals surface area contributed by atoms with Crippen LogP contribution in [-0.4, -0.2) is 24.6 Å². The molecule has 2 aromatic carbocycles. The van der Waals surface area contributed by atoms with Crippen LogP contribution in [0.25, 0.3) is 6.08 Å². The zero-order valence-corrected chi connectivity index (χ0v) is 16.0. The Morgan fingerprint density at radius 2 is 1.90 bits per heavy atom. The molecule has 154 valence electrons. The Morgan fingerprint density at radius 3 is 2.48 bits per heavy atom. The molecule has 0 heterocycles. The number of ether oxygens (including phenoxy) is 2. The van der Waals surface area contributed by atoms with E-state index in [-0.39, 0.29) is 17.2 Å². The normalized spacial score (nSPS) is 11.1. The summed E-state index contributed by atoms with van der Waals surface area (Å²) in [5.41, 5.74) is 1.06. The second-order valence-corrected chi connectivity index (χ2v) is 6.26. The van der Waals surface area contributed by atoms with E-state index in [0.29, 0.717) is 5.69 Å². The van der Waals surface area contributed by atoms with Crippen LogP contribution >= 0.6 is 0 Å². The van der Waals surface area contributed by atoms with Gasteiger partial charge in [0.2, 0.25) is 5.91 Å². The van der Waals surface area contributed by atoms with Gasteiger partial charge in [0.1, 0.15) is 0 Å². The van der Waals surface area contributed by atoms with Gasteiger partial charge >= 0.3 is 6.61 Å². The summed E-state index contributed by atoms with van der Waals surface area (Å²) in [6, 6.07) is 9.27. The SMILES string of the molecule is COc1cc(/C=C/C(=O)Nc2ccccc2C(C)C)c([N+](=O)[O-])cc1OC(F)F. The molecule has 0 fully saturated rings. The van der Waals surface area contributed by atoms with Crippen molar-refractivity contribution in [2.75, 3.05) is 12.4 Å². The monoisotopic (exact) mass is 406 g/mol. The minimum Gasteiger partial charge on any atom is -0.493 e. The molecule has 2 rings (SSSR count). The van der Waals surface area contributed by atoms with Crippen LogP contribution in [0.5, 0.6) is 11.5 Å². The highest BCUT2D eigenvalue weighted by atomic mass is 19.3. The molecule has 0 saturated heterocycles. The van der Waals surface area contributed by atoms with Crippen LogP contribution in [0.1, 0.15) is 30.9 Å². The van der Waals surface area contributed by atoms with E-state index in [2.05, 4.69) is 10.1 Å². The van der Waals surface area contributed by atoms with Gasteiger partial charge in [0.05, 0.1) is 23.7 Å². The number of carbonyl (C=O) groups is 1. The van der Waals surface area contributed by atoms with Gasteiger partial charge in [-0.05, 0) is 29.7 Å². The molecular formula is C20H20F2N2O5. The summed E-state index contributed by atoms with van der Waals surface area (Å²) in [6.07, 6.45) is 2.33. The Hall–Kier alpha value is -3.49. The Balaban J connectivity index is 2.31. The van der Waals surface area contributed by atoms with Gasteiger partial charge in [-0.25, -0.2) is 0 Å². The average molecular weight is 406 g/mol. The Bertz CT molecular complexity index is 929.